The van der Waals surface area contributed by atoms with Crippen LogP contribution in [0.15, 0.2) is 48.6 Å². The quantitative estimate of drug-likeness (QED) is 0.388. The number of ether oxygens (including phenoxy) is 1. The first-order valence-electron chi connectivity index (χ1n) is 11.7. The number of hydrogen-bond acceptors (Lipinski definition) is 6. The number of benzene rings is 1. The minimum absolute atomic E-state index is 0.247. The molecule has 1 N–H and O–H groups in total. The van der Waals surface area contributed by atoms with Crippen LogP contribution in [-0.2, 0) is 29.3 Å². The summed E-state index contributed by atoms with van der Waals surface area (Å²) in [4.78, 5) is 51.7. The first kappa shape index (κ1) is 24.4. The van der Waals surface area contributed by atoms with Gasteiger partial charge in [-0.25, -0.2) is 9.48 Å². The first-order chi connectivity index (χ1) is 16.6. The van der Waals surface area contributed by atoms with Gasteiger partial charge in [0.1, 0.15) is 11.9 Å². The lowest BCUT2D eigenvalue weighted by Crippen LogP contribution is -2.45. The van der Waals surface area contributed by atoms with Crippen molar-refractivity contribution in [3.05, 3.63) is 54.2 Å². The number of allylic oxidation sites excluding steroid dienone is 2. The molecule has 2 aliphatic rings. The number of amides is 3. The average molecular weight is 479 g/mol. The fraction of sp³-hybridized carbons (Fsp3) is 0.423. The van der Waals surface area contributed by atoms with E-state index in [-0.39, 0.29) is 17.2 Å². The highest BCUT2D eigenvalue weighted by molar-refractivity contribution is 6.08. The van der Waals surface area contributed by atoms with Crippen molar-refractivity contribution in [3.63, 3.8) is 0 Å². The molecule has 3 amide bonds. The van der Waals surface area contributed by atoms with E-state index in [1.807, 2.05) is 63.3 Å². The van der Waals surface area contributed by atoms with E-state index < -0.39 is 36.4 Å². The van der Waals surface area contributed by atoms with Gasteiger partial charge in [-0.2, -0.15) is 5.10 Å². The number of nitrogens with one attached hydrogen (secondary N) is 1. The number of fused-ring (bicyclic) bond motifs is 1. The highest BCUT2D eigenvalue weighted by atomic mass is 16.5. The van der Waals surface area contributed by atoms with Crippen molar-refractivity contribution in [2.45, 2.75) is 52.0 Å². The zero-order valence-corrected chi connectivity index (χ0v) is 20.4. The van der Waals surface area contributed by atoms with Crippen molar-refractivity contribution in [1.82, 2.24) is 14.7 Å². The Labute approximate surface area is 204 Å². The number of hydrogen-bond donors (Lipinski definition) is 1. The van der Waals surface area contributed by atoms with Crippen LogP contribution in [0.5, 0.6) is 0 Å². The van der Waals surface area contributed by atoms with Gasteiger partial charge in [0, 0.05) is 11.5 Å². The molecule has 2 heterocycles. The van der Waals surface area contributed by atoms with Crippen LogP contribution in [0.3, 0.4) is 0 Å². The van der Waals surface area contributed by atoms with Crippen LogP contribution in [0, 0.1) is 11.8 Å². The fourth-order valence-electron chi connectivity index (χ4n) is 4.35. The minimum Gasteiger partial charge on any atom is -0.454 e. The standard InChI is InChI=1S/C26H30N4O5/c1-16(29-23(32)18-12-8-9-13-19(18)24(29)33)25(34)35-15-22(31)27-21-14-20(26(2,3)4)28-30(21)17-10-6-5-7-11-17/h5-11,14,16,18-19H,12-13,15H2,1-4H3,(H,27,31)/t16-,18+,19+/m0/s1. The van der Waals surface area contributed by atoms with Gasteiger partial charge in [0.05, 0.1) is 23.2 Å². The molecular formula is C26H30N4O5. The van der Waals surface area contributed by atoms with E-state index in [1.165, 1.54) is 6.92 Å². The Morgan fingerprint density at radius 3 is 2.26 bits per heavy atom. The normalized spacial score (nSPS) is 20.5. The maximum absolute atomic E-state index is 12.7. The van der Waals surface area contributed by atoms with E-state index in [4.69, 9.17) is 4.74 Å². The Morgan fingerprint density at radius 2 is 1.69 bits per heavy atom. The monoisotopic (exact) mass is 478 g/mol. The molecule has 184 valence electrons. The largest absolute Gasteiger partial charge is 0.454 e. The first-order valence-corrected chi connectivity index (χ1v) is 11.7. The van der Waals surface area contributed by atoms with Crippen LogP contribution in [0.25, 0.3) is 5.69 Å². The zero-order chi connectivity index (χ0) is 25.3. The number of anilines is 1. The summed E-state index contributed by atoms with van der Waals surface area (Å²) in [6, 6.07) is 10.0. The molecular weight excluding hydrogens is 448 g/mol. The number of rotatable bonds is 6. The van der Waals surface area contributed by atoms with E-state index in [9.17, 15) is 19.2 Å². The summed E-state index contributed by atoms with van der Waals surface area (Å²) in [6.07, 6.45) is 4.74. The molecule has 0 bridgehead atoms. The van der Waals surface area contributed by atoms with Crippen LogP contribution < -0.4 is 5.32 Å². The lowest BCUT2D eigenvalue weighted by molar-refractivity contribution is -0.159. The van der Waals surface area contributed by atoms with Crippen molar-refractivity contribution < 1.29 is 23.9 Å². The van der Waals surface area contributed by atoms with Gasteiger partial charge in [-0.1, -0.05) is 51.1 Å². The van der Waals surface area contributed by atoms with Crippen LogP contribution >= 0.6 is 0 Å². The number of para-hydroxylation sites is 1. The van der Waals surface area contributed by atoms with Gasteiger partial charge in [-0.05, 0) is 31.9 Å². The number of esters is 1. The molecule has 4 rings (SSSR count). The highest BCUT2D eigenvalue weighted by Gasteiger charge is 2.50. The predicted molar refractivity (Wildman–Crippen MR) is 129 cm³/mol. The molecule has 1 aromatic heterocycles. The molecule has 0 unspecified atom stereocenters. The molecule has 9 nitrogen and oxygen atoms in total. The molecule has 1 aliphatic heterocycles. The second-order valence-corrected chi connectivity index (χ2v) is 9.95. The summed E-state index contributed by atoms with van der Waals surface area (Å²) in [6.45, 7) is 6.95. The maximum atomic E-state index is 12.7. The summed E-state index contributed by atoms with van der Waals surface area (Å²) < 4.78 is 6.80. The Morgan fingerprint density at radius 1 is 1.09 bits per heavy atom. The second-order valence-electron chi connectivity index (χ2n) is 9.95. The Hall–Kier alpha value is -3.75. The van der Waals surface area contributed by atoms with Gasteiger partial charge in [0.25, 0.3) is 5.91 Å². The average Bonchev–Trinajstić information content (AvgIpc) is 3.37. The third kappa shape index (κ3) is 4.89. The van der Waals surface area contributed by atoms with Crippen molar-refractivity contribution >= 4 is 29.5 Å². The van der Waals surface area contributed by atoms with Gasteiger partial charge in [0.2, 0.25) is 11.8 Å². The van der Waals surface area contributed by atoms with Gasteiger partial charge in [-0.15, -0.1) is 0 Å². The van der Waals surface area contributed by atoms with Crippen LogP contribution in [0.1, 0.15) is 46.2 Å². The van der Waals surface area contributed by atoms with E-state index in [0.29, 0.717) is 18.7 Å². The summed E-state index contributed by atoms with van der Waals surface area (Å²) in [5.74, 6) is -2.50. The molecule has 0 radical (unpaired) electrons. The summed E-state index contributed by atoms with van der Waals surface area (Å²) in [5, 5.41) is 7.39. The van der Waals surface area contributed by atoms with E-state index in [2.05, 4.69) is 10.4 Å². The molecule has 9 heteroatoms. The topological polar surface area (TPSA) is 111 Å². The van der Waals surface area contributed by atoms with Gasteiger partial charge < -0.3 is 10.1 Å². The van der Waals surface area contributed by atoms with Gasteiger partial charge in [0.15, 0.2) is 6.61 Å². The number of carbonyl (C=O) groups excluding carboxylic acids is 4. The molecule has 2 aromatic rings. The molecule has 3 atom stereocenters. The fourth-order valence-corrected chi connectivity index (χ4v) is 4.35. The van der Waals surface area contributed by atoms with E-state index >= 15 is 0 Å². The highest BCUT2D eigenvalue weighted by Crippen LogP contribution is 2.36. The second kappa shape index (κ2) is 9.48. The predicted octanol–water partition coefficient (Wildman–Crippen LogP) is 2.99. The number of aromatic nitrogens is 2. The summed E-state index contributed by atoms with van der Waals surface area (Å²) in [7, 11) is 0. The van der Waals surface area contributed by atoms with Gasteiger partial charge in [-0.3, -0.25) is 19.3 Å². The van der Waals surface area contributed by atoms with Crippen molar-refractivity contribution in [1.29, 1.82) is 0 Å². The van der Waals surface area contributed by atoms with E-state index in [1.54, 1.807) is 10.7 Å². The van der Waals surface area contributed by atoms with Gasteiger partial charge >= 0.3 is 5.97 Å². The van der Waals surface area contributed by atoms with Crippen molar-refractivity contribution in [3.8, 4) is 5.69 Å². The Kier molecular flexibility index (Phi) is 6.60. The molecule has 1 aliphatic carbocycles. The van der Waals surface area contributed by atoms with Crippen LogP contribution in [-0.4, -0.2) is 51.0 Å². The molecule has 1 saturated heterocycles. The Bertz CT molecular complexity index is 1150. The maximum Gasteiger partial charge on any atom is 0.329 e. The molecule has 1 fully saturated rings. The van der Waals surface area contributed by atoms with E-state index in [0.717, 1.165) is 16.3 Å². The number of likely N-dealkylation sites (tertiary alicyclic amines) is 1. The van der Waals surface area contributed by atoms with Crippen molar-refractivity contribution in [2.24, 2.45) is 11.8 Å². The van der Waals surface area contributed by atoms with Crippen LogP contribution in [0.2, 0.25) is 0 Å². The Balaban J connectivity index is 1.41. The SMILES string of the molecule is C[C@@H](C(=O)OCC(=O)Nc1cc(C(C)(C)C)nn1-c1ccccc1)N1C(=O)[C@@H]2CC=CC[C@H]2C1=O. The third-order valence-electron chi connectivity index (χ3n) is 6.36. The lowest BCUT2D eigenvalue weighted by atomic mass is 9.85. The number of nitrogens with zero attached hydrogens (tertiary/aromatic N) is 3. The van der Waals surface area contributed by atoms with Crippen molar-refractivity contribution in [2.75, 3.05) is 11.9 Å². The molecule has 0 saturated carbocycles. The molecule has 1 aromatic carbocycles. The van der Waals surface area contributed by atoms with Crippen LogP contribution in [0.4, 0.5) is 5.82 Å². The smallest absolute Gasteiger partial charge is 0.329 e. The minimum atomic E-state index is -1.10. The zero-order valence-electron chi connectivity index (χ0n) is 20.4. The number of carbonyl (C=O) groups is 4. The molecule has 0 spiro atoms. The summed E-state index contributed by atoms with van der Waals surface area (Å²) >= 11 is 0. The third-order valence-corrected chi connectivity index (χ3v) is 6.36. The molecule has 35 heavy (non-hydrogen) atoms. The lowest BCUT2D eigenvalue weighted by Gasteiger charge is -2.21. The summed E-state index contributed by atoms with van der Waals surface area (Å²) in [5.41, 5.74) is 1.30. The number of imide groups is 1.